The van der Waals surface area contributed by atoms with Crippen LogP contribution in [0, 0.1) is 11.2 Å². The van der Waals surface area contributed by atoms with Gasteiger partial charge in [0.15, 0.2) is 0 Å². The van der Waals surface area contributed by atoms with E-state index in [1.807, 2.05) is 0 Å². The van der Waals surface area contributed by atoms with E-state index in [0.717, 1.165) is 11.0 Å². The molecule has 1 atom stereocenters. The Kier molecular flexibility index (Phi) is 9.65. The number of aliphatic carboxylic acids is 1. The second kappa shape index (κ2) is 12.8. The van der Waals surface area contributed by atoms with E-state index in [9.17, 15) is 24.3 Å². The monoisotopic (exact) mass is 562 g/mol. The molecule has 3 aromatic rings. The number of carbonyl (C=O) groups is 4. The number of carboxylic acids is 1. The number of ether oxygens (including phenoxy) is 1. The minimum Gasteiger partial charge on any atom is -0.481 e. The number of nitrogens with one attached hydrogen (secondary N) is 1. The maximum atomic E-state index is 15.4. The first-order chi connectivity index (χ1) is 19.2. The summed E-state index contributed by atoms with van der Waals surface area (Å²) in [5.41, 5.74) is -1.41. The van der Waals surface area contributed by atoms with E-state index in [-0.39, 0.29) is 29.7 Å². The zero-order chi connectivity index (χ0) is 30.4. The number of alkyl carbamates (subject to hydrolysis) is 1. The predicted octanol–water partition coefficient (Wildman–Crippen LogP) is 6.25. The maximum Gasteiger partial charge on any atom is 0.407 e. The Balaban J connectivity index is 2.03. The van der Waals surface area contributed by atoms with E-state index in [4.69, 9.17) is 4.74 Å². The van der Waals surface area contributed by atoms with Gasteiger partial charge in [-0.05, 0) is 89.4 Å². The molecule has 0 aliphatic rings. The molecule has 9 heteroatoms. The number of imide groups is 1. The third kappa shape index (κ3) is 8.48. The molecule has 0 saturated carbocycles. The Labute approximate surface area is 239 Å². The van der Waals surface area contributed by atoms with Gasteiger partial charge in [0, 0.05) is 17.2 Å². The predicted molar refractivity (Wildman–Crippen MR) is 153 cm³/mol. The summed E-state index contributed by atoms with van der Waals surface area (Å²) in [6.45, 7) is 8.19. The summed E-state index contributed by atoms with van der Waals surface area (Å²) in [6.07, 6.45) is -0.619. The van der Waals surface area contributed by atoms with E-state index in [0.29, 0.717) is 5.56 Å². The van der Waals surface area contributed by atoms with Crippen molar-refractivity contribution < 1.29 is 33.4 Å². The summed E-state index contributed by atoms with van der Waals surface area (Å²) in [6, 6.07) is 19.4. The molecule has 3 rings (SSSR count). The molecule has 0 aromatic heterocycles. The molecule has 3 aromatic carbocycles. The molecule has 0 spiro atoms. The highest BCUT2D eigenvalue weighted by atomic mass is 19.1. The minimum absolute atomic E-state index is 0.0316. The molecule has 3 amide bonds. The molecule has 0 radical (unpaired) electrons. The summed E-state index contributed by atoms with van der Waals surface area (Å²) >= 11 is 0. The van der Waals surface area contributed by atoms with Gasteiger partial charge in [0.1, 0.15) is 11.4 Å². The fourth-order valence-corrected chi connectivity index (χ4v) is 4.22. The van der Waals surface area contributed by atoms with Crippen LogP contribution < -0.4 is 10.2 Å². The summed E-state index contributed by atoms with van der Waals surface area (Å²) in [5.74, 6) is -3.29. The van der Waals surface area contributed by atoms with Gasteiger partial charge in [-0.1, -0.05) is 42.5 Å². The summed E-state index contributed by atoms with van der Waals surface area (Å²) < 4.78 is 20.7. The normalized spacial score (nSPS) is 12.2. The quantitative estimate of drug-likeness (QED) is 0.298. The van der Waals surface area contributed by atoms with Crippen LogP contribution in [0.25, 0.3) is 0 Å². The topological polar surface area (TPSA) is 113 Å². The number of halogens is 1. The van der Waals surface area contributed by atoms with Gasteiger partial charge in [-0.15, -0.1) is 0 Å². The van der Waals surface area contributed by atoms with Crippen LogP contribution in [0.1, 0.15) is 67.3 Å². The van der Waals surface area contributed by atoms with Crippen LogP contribution in [0.15, 0.2) is 78.9 Å². The Morgan fingerprint density at radius 2 is 1.37 bits per heavy atom. The summed E-state index contributed by atoms with van der Waals surface area (Å²) in [7, 11) is 0. The zero-order valence-corrected chi connectivity index (χ0v) is 23.8. The minimum atomic E-state index is -1.21. The van der Waals surface area contributed by atoms with Gasteiger partial charge in [0.05, 0.1) is 11.1 Å². The molecule has 0 heterocycles. The third-order valence-corrected chi connectivity index (χ3v) is 6.24. The average Bonchev–Trinajstić information content (AvgIpc) is 2.90. The van der Waals surface area contributed by atoms with Gasteiger partial charge in [0.25, 0.3) is 11.8 Å². The van der Waals surface area contributed by atoms with Crippen molar-refractivity contribution in [2.45, 2.75) is 59.1 Å². The fourth-order valence-electron chi connectivity index (χ4n) is 4.22. The first kappa shape index (κ1) is 31.0. The molecule has 0 bridgehead atoms. The standard InChI is InChI=1S/C32H35FN2O6/c1-31(2,3)41-30(40)34-24(20-32(4,5)29(38)39)18-21-16-17-25(33)26(19-21)35(27(36)22-12-8-6-9-13-22)28(37)23-14-10-7-11-15-23/h6-17,19,24H,18,20H2,1-5H3,(H,34,40)(H,38,39). The van der Waals surface area contributed by atoms with Gasteiger partial charge in [-0.2, -0.15) is 0 Å². The Morgan fingerprint density at radius 3 is 1.83 bits per heavy atom. The van der Waals surface area contributed by atoms with Crippen LogP contribution >= 0.6 is 0 Å². The number of nitrogens with zero attached hydrogens (tertiary/aromatic N) is 1. The Bertz CT molecular complexity index is 1350. The number of carboxylic acid groups (broad SMARTS) is 1. The van der Waals surface area contributed by atoms with Crippen molar-refractivity contribution in [2.24, 2.45) is 5.41 Å². The maximum absolute atomic E-state index is 15.4. The van der Waals surface area contributed by atoms with Crippen molar-refractivity contribution in [3.05, 3.63) is 101 Å². The van der Waals surface area contributed by atoms with Crippen LogP contribution in [0.3, 0.4) is 0 Å². The molecular weight excluding hydrogens is 527 g/mol. The molecule has 41 heavy (non-hydrogen) atoms. The van der Waals surface area contributed by atoms with Gasteiger partial charge in [-0.3, -0.25) is 14.4 Å². The molecular formula is C32H35FN2O6. The average molecular weight is 563 g/mol. The van der Waals surface area contributed by atoms with Gasteiger partial charge < -0.3 is 15.2 Å². The van der Waals surface area contributed by atoms with E-state index in [1.165, 1.54) is 50.2 Å². The highest BCUT2D eigenvalue weighted by Crippen LogP contribution is 2.29. The SMILES string of the molecule is CC(C)(C)OC(=O)NC(Cc1ccc(F)c(N(C(=O)c2ccccc2)C(=O)c2ccccc2)c1)CC(C)(C)C(=O)O. The van der Waals surface area contributed by atoms with Crippen molar-refractivity contribution in [1.82, 2.24) is 5.32 Å². The van der Waals surface area contributed by atoms with Crippen LogP contribution in [0.5, 0.6) is 0 Å². The largest absolute Gasteiger partial charge is 0.481 e. The molecule has 216 valence electrons. The number of carbonyl (C=O) groups excluding carboxylic acids is 3. The van der Waals surface area contributed by atoms with Crippen LogP contribution in [-0.2, 0) is 16.0 Å². The lowest BCUT2D eigenvalue weighted by Gasteiger charge is -2.29. The number of benzene rings is 3. The molecule has 1 unspecified atom stereocenters. The smallest absolute Gasteiger partial charge is 0.407 e. The second-order valence-electron chi connectivity index (χ2n) is 11.4. The van der Waals surface area contributed by atoms with E-state index >= 15 is 4.39 Å². The highest BCUT2D eigenvalue weighted by Gasteiger charge is 2.33. The van der Waals surface area contributed by atoms with Crippen LogP contribution in [0.2, 0.25) is 0 Å². The van der Waals surface area contributed by atoms with Crippen molar-refractivity contribution >= 4 is 29.6 Å². The van der Waals surface area contributed by atoms with E-state index in [1.54, 1.807) is 57.2 Å². The molecule has 0 fully saturated rings. The van der Waals surface area contributed by atoms with Crippen molar-refractivity contribution in [2.75, 3.05) is 4.90 Å². The van der Waals surface area contributed by atoms with Crippen molar-refractivity contribution in [1.29, 1.82) is 0 Å². The molecule has 0 aliphatic heterocycles. The number of hydrogen-bond donors (Lipinski definition) is 2. The lowest BCUT2D eigenvalue weighted by atomic mass is 9.84. The summed E-state index contributed by atoms with van der Waals surface area (Å²) in [4.78, 5) is 52.4. The zero-order valence-electron chi connectivity index (χ0n) is 23.8. The lowest BCUT2D eigenvalue weighted by molar-refractivity contribution is -0.147. The molecule has 8 nitrogen and oxygen atoms in total. The Morgan fingerprint density at radius 1 is 0.854 bits per heavy atom. The van der Waals surface area contributed by atoms with Crippen LogP contribution in [0.4, 0.5) is 14.9 Å². The van der Waals surface area contributed by atoms with Gasteiger partial charge >= 0.3 is 12.1 Å². The fraction of sp³-hybridized carbons (Fsp3) is 0.312. The first-order valence-electron chi connectivity index (χ1n) is 13.2. The second-order valence-corrected chi connectivity index (χ2v) is 11.4. The molecule has 0 aliphatic carbocycles. The first-order valence-corrected chi connectivity index (χ1v) is 13.2. The number of hydrogen-bond acceptors (Lipinski definition) is 5. The van der Waals surface area contributed by atoms with Crippen molar-refractivity contribution in [3.8, 4) is 0 Å². The van der Waals surface area contributed by atoms with Gasteiger partial charge in [0.2, 0.25) is 0 Å². The molecule has 0 saturated heterocycles. The van der Waals surface area contributed by atoms with Crippen molar-refractivity contribution in [3.63, 3.8) is 0 Å². The Hall–Kier alpha value is -4.53. The van der Waals surface area contributed by atoms with E-state index in [2.05, 4.69) is 5.32 Å². The summed E-state index contributed by atoms with van der Waals surface area (Å²) in [5, 5.41) is 12.4. The lowest BCUT2D eigenvalue weighted by Crippen LogP contribution is -2.43. The number of anilines is 1. The molecule has 2 N–H and O–H groups in total. The van der Waals surface area contributed by atoms with Crippen LogP contribution in [-0.4, -0.2) is 40.6 Å². The number of amides is 3. The van der Waals surface area contributed by atoms with E-state index < -0.39 is 46.8 Å². The van der Waals surface area contributed by atoms with Gasteiger partial charge in [-0.25, -0.2) is 14.1 Å². The highest BCUT2D eigenvalue weighted by molar-refractivity contribution is 6.25. The number of rotatable bonds is 9. The third-order valence-electron chi connectivity index (χ3n) is 6.24.